The second-order valence-electron chi connectivity index (χ2n) is 5.27. The number of anilines is 1. The summed E-state index contributed by atoms with van der Waals surface area (Å²) >= 11 is 0. The lowest BCUT2D eigenvalue weighted by Gasteiger charge is -2.35. The van der Waals surface area contributed by atoms with Gasteiger partial charge in [0.05, 0.1) is 6.54 Å². The number of fused-ring (bicyclic) bond motifs is 2. The van der Waals surface area contributed by atoms with Gasteiger partial charge in [0.25, 0.3) is 0 Å². The number of amides is 1. The van der Waals surface area contributed by atoms with Crippen LogP contribution in [-0.2, 0) is 4.79 Å². The van der Waals surface area contributed by atoms with Crippen LogP contribution in [0.2, 0.25) is 0 Å². The Labute approximate surface area is 112 Å². The monoisotopic (exact) mass is 263 g/mol. The molecule has 2 bridgehead atoms. The Balaban J connectivity index is 1.66. The smallest absolute Gasteiger partial charge is 0.233 e. The number of rotatable bonds is 3. The highest BCUT2D eigenvalue weighted by Gasteiger charge is 2.43. The highest BCUT2D eigenvalue weighted by atomic mass is 19.1. The molecule has 0 aromatic heterocycles. The van der Waals surface area contributed by atoms with Crippen molar-refractivity contribution < 1.29 is 9.18 Å². The molecule has 0 spiro atoms. The largest absolute Gasteiger partial charge is 0.366 e. The fraction of sp³-hybridized carbons (Fsp3) is 0.500. The Morgan fingerprint density at radius 3 is 2.63 bits per heavy atom. The molecule has 0 saturated carbocycles. The molecule has 1 amide bonds. The molecule has 102 valence electrons. The first-order chi connectivity index (χ1) is 9.17. The summed E-state index contributed by atoms with van der Waals surface area (Å²) in [5.41, 5.74) is 1.08. The topological polar surface area (TPSA) is 35.6 Å². The van der Waals surface area contributed by atoms with E-state index in [9.17, 15) is 9.18 Å². The molecule has 0 radical (unpaired) electrons. The molecular weight excluding hydrogens is 245 g/mol. The maximum absolute atomic E-state index is 12.9. The van der Waals surface area contributed by atoms with Crippen LogP contribution in [-0.4, -0.2) is 49.6 Å². The number of halogens is 1. The molecule has 2 aliphatic rings. The van der Waals surface area contributed by atoms with Crippen LogP contribution in [0.15, 0.2) is 24.3 Å². The van der Waals surface area contributed by atoms with E-state index >= 15 is 0 Å². The molecule has 1 aromatic carbocycles. The van der Waals surface area contributed by atoms with Gasteiger partial charge in [0.1, 0.15) is 5.82 Å². The molecule has 4 nitrogen and oxygen atoms in total. The van der Waals surface area contributed by atoms with Crippen molar-refractivity contribution >= 4 is 11.6 Å². The van der Waals surface area contributed by atoms with E-state index in [0.717, 1.165) is 25.2 Å². The van der Waals surface area contributed by atoms with Crippen molar-refractivity contribution in [2.45, 2.75) is 18.5 Å². The number of carbonyl (C=O) groups excluding carboxylic acids is 1. The first-order valence-electron chi connectivity index (χ1n) is 6.64. The summed E-state index contributed by atoms with van der Waals surface area (Å²) in [7, 11) is 1.67. The Hall–Kier alpha value is -1.62. The number of hydrogen-bond donors (Lipinski definition) is 1. The van der Waals surface area contributed by atoms with Crippen LogP contribution in [0.25, 0.3) is 0 Å². The van der Waals surface area contributed by atoms with E-state index < -0.39 is 0 Å². The molecule has 2 saturated heterocycles. The molecule has 5 heteroatoms. The number of piperazine rings is 1. The van der Waals surface area contributed by atoms with Crippen molar-refractivity contribution in [3.63, 3.8) is 0 Å². The predicted molar refractivity (Wildman–Crippen MR) is 71.6 cm³/mol. The first-order valence-corrected chi connectivity index (χ1v) is 6.64. The molecule has 3 rings (SSSR count). The highest BCUT2D eigenvalue weighted by molar-refractivity contribution is 5.77. The van der Waals surface area contributed by atoms with Crippen LogP contribution in [0.1, 0.15) is 6.42 Å². The average Bonchev–Trinajstić information content (AvgIpc) is 2.99. The third-order valence-corrected chi connectivity index (χ3v) is 4.14. The summed E-state index contributed by atoms with van der Waals surface area (Å²) in [5, 5.41) is 2.66. The lowest BCUT2D eigenvalue weighted by Crippen LogP contribution is -2.49. The zero-order chi connectivity index (χ0) is 13.4. The molecule has 1 aromatic rings. The van der Waals surface area contributed by atoms with Crippen molar-refractivity contribution in [3.05, 3.63) is 30.1 Å². The molecule has 2 heterocycles. The van der Waals surface area contributed by atoms with Crippen molar-refractivity contribution in [2.75, 3.05) is 31.6 Å². The second kappa shape index (κ2) is 4.81. The third kappa shape index (κ3) is 2.30. The zero-order valence-corrected chi connectivity index (χ0v) is 11.0. The third-order valence-electron chi connectivity index (χ3n) is 4.14. The molecule has 2 atom stereocenters. The summed E-state index contributed by atoms with van der Waals surface area (Å²) in [4.78, 5) is 16.0. The van der Waals surface area contributed by atoms with Crippen LogP contribution < -0.4 is 10.2 Å². The number of nitrogens with zero attached hydrogens (tertiary/aromatic N) is 2. The van der Waals surface area contributed by atoms with Crippen LogP contribution in [0.3, 0.4) is 0 Å². The van der Waals surface area contributed by atoms with Gasteiger partial charge in [-0.1, -0.05) is 0 Å². The zero-order valence-electron chi connectivity index (χ0n) is 11.0. The van der Waals surface area contributed by atoms with Crippen LogP contribution >= 0.6 is 0 Å². The normalized spacial score (nSPS) is 25.9. The van der Waals surface area contributed by atoms with Gasteiger partial charge in [-0.2, -0.15) is 0 Å². The lowest BCUT2D eigenvalue weighted by atomic mass is 10.2. The maximum atomic E-state index is 12.9. The van der Waals surface area contributed by atoms with Gasteiger partial charge >= 0.3 is 0 Å². The summed E-state index contributed by atoms with van der Waals surface area (Å²) in [6, 6.07) is 7.55. The van der Waals surface area contributed by atoms with E-state index in [1.54, 1.807) is 7.05 Å². The Kier molecular flexibility index (Phi) is 3.14. The standard InChI is InChI=1S/C14H18FN3O/c1-16-14(19)9-17-7-13-6-12(17)8-18(13)11-4-2-10(15)3-5-11/h2-5,12-13H,6-9H2,1H3,(H,16,19). The number of nitrogens with one attached hydrogen (secondary N) is 1. The minimum absolute atomic E-state index is 0.0703. The Bertz CT molecular complexity index is 476. The molecule has 19 heavy (non-hydrogen) atoms. The van der Waals surface area contributed by atoms with Crippen molar-refractivity contribution in [1.82, 2.24) is 10.2 Å². The van der Waals surface area contributed by atoms with Crippen LogP contribution in [0.4, 0.5) is 10.1 Å². The van der Waals surface area contributed by atoms with Gasteiger partial charge in [-0.3, -0.25) is 9.69 Å². The van der Waals surface area contributed by atoms with E-state index in [2.05, 4.69) is 15.1 Å². The number of carbonyl (C=O) groups is 1. The summed E-state index contributed by atoms with van der Waals surface area (Å²) in [5.74, 6) is -0.129. The Morgan fingerprint density at radius 1 is 1.32 bits per heavy atom. The van der Waals surface area contributed by atoms with E-state index in [4.69, 9.17) is 0 Å². The summed E-state index contributed by atoms with van der Waals surface area (Å²) in [6.45, 7) is 2.32. The van der Waals surface area contributed by atoms with Gasteiger partial charge < -0.3 is 10.2 Å². The summed E-state index contributed by atoms with van der Waals surface area (Å²) < 4.78 is 12.9. The highest BCUT2D eigenvalue weighted by Crippen LogP contribution is 2.34. The van der Waals surface area contributed by atoms with Crippen LogP contribution in [0, 0.1) is 5.82 Å². The van der Waals surface area contributed by atoms with Crippen molar-refractivity contribution in [2.24, 2.45) is 0 Å². The van der Waals surface area contributed by atoms with Gasteiger partial charge in [-0.25, -0.2) is 4.39 Å². The van der Waals surface area contributed by atoms with Crippen molar-refractivity contribution in [1.29, 1.82) is 0 Å². The van der Waals surface area contributed by atoms with Gasteiger partial charge in [-0.05, 0) is 30.7 Å². The Morgan fingerprint density at radius 2 is 2.05 bits per heavy atom. The molecule has 2 aliphatic heterocycles. The maximum Gasteiger partial charge on any atom is 0.233 e. The molecule has 2 fully saturated rings. The quantitative estimate of drug-likeness (QED) is 0.877. The number of likely N-dealkylation sites (N-methyl/N-ethyl adjacent to an activating group) is 1. The van der Waals surface area contributed by atoms with E-state index in [0.29, 0.717) is 18.6 Å². The van der Waals surface area contributed by atoms with Crippen LogP contribution in [0.5, 0.6) is 0 Å². The lowest BCUT2D eigenvalue weighted by molar-refractivity contribution is -0.122. The van der Waals surface area contributed by atoms with Gasteiger partial charge in [0.2, 0.25) is 5.91 Å². The molecule has 1 N–H and O–H groups in total. The molecule has 2 unspecified atom stereocenters. The van der Waals surface area contributed by atoms with Gasteiger partial charge in [-0.15, -0.1) is 0 Å². The van der Waals surface area contributed by atoms with E-state index in [1.165, 1.54) is 12.1 Å². The van der Waals surface area contributed by atoms with E-state index in [-0.39, 0.29) is 11.7 Å². The number of benzene rings is 1. The molecule has 0 aliphatic carbocycles. The molecular formula is C14H18FN3O. The minimum Gasteiger partial charge on any atom is -0.366 e. The SMILES string of the molecule is CNC(=O)CN1CC2CC1CN2c1ccc(F)cc1. The van der Waals surface area contributed by atoms with Gasteiger partial charge in [0, 0.05) is 37.9 Å². The fourth-order valence-electron chi connectivity index (χ4n) is 3.16. The first kappa shape index (κ1) is 12.4. The van der Waals surface area contributed by atoms with E-state index in [1.807, 2.05) is 12.1 Å². The van der Waals surface area contributed by atoms with Gasteiger partial charge in [0.15, 0.2) is 0 Å². The summed E-state index contributed by atoms with van der Waals surface area (Å²) in [6.07, 6.45) is 1.09. The number of likely N-dealkylation sites (tertiary alicyclic amines) is 1. The fourth-order valence-corrected chi connectivity index (χ4v) is 3.16. The minimum atomic E-state index is -0.200. The van der Waals surface area contributed by atoms with Crippen molar-refractivity contribution in [3.8, 4) is 0 Å². The number of hydrogen-bond acceptors (Lipinski definition) is 3. The average molecular weight is 263 g/mol. The predicted octanol–water partition coefficient (Wildman–Crippen LogP) is 0.835. The second-order valence-corrected chi connectivity index (χ2v) is 5.27.